The molecule has 1 aromatic heterocycles. The molecule has 2 aromatic rings. The fourth-order valence-corrected chi connectivity index (χ4v) is 2.38. The zero-order chi connectivity index (χ0) is 12.4. The van der Waals surface area contributed by atoms with Gasteiger partial charge in [0.15, 0.2) is 0 Å². The van der Waals surface area contributed by atoms with Crippen molar-refractivity contribution < 1.29 is 0 Å². The molecule has 1 aromatic carbocycles. The van der Waals surface area contributed by atoms with E-state index in [1.54, 1.807) is 0 Å². The Morgan fingerprint density at radius 2 is 1.71 bits per heavy atom. The Morgan fingerprint density at radius 1 is 1.06 bits per heavy atom. The summed E-state index contributed by atoms with van der Waals surface area (Å²) in [6.07, 6.45) is 0. The summed E-state index contributed by atoms with van der Waals surface area (Å²) in [4.78, 5) is 5.98. The van der Waals surface area contributed by atoms with Crippen molar-refractivity contribution in [2.45, 2.75) is 46.3 Å². The van der Waals surface area contributed by atoms with Crippen LogP contribution in [0.2, 0.25) is 0 Å². The smallest absolute Gasteiger partial charge is 0.0456 e. The molecule has 0 fully saturated rings. The van der Waals surface area contributed by atoms with E-state index in [1.807, 2.05) is 0 Å². The van der Waals surface area contributed by atoms with Gasteiger partial charge in [-0.2, -0.15) is 0 Å². The van der Waals surface area contributed by atoms with Gasteiger partial charge in [0.1, 0.15) is 0 Å². The summed E-state index contributed by atoms with van der Waals surface area (Å²) < 4.78 is 0. The van der Waals surface area contributed by atoms with Gasteiger partial charge >= 0.3 is 0 Å². The molecule has 0 spiro atoms. The Bertz CT molecular complexity index is 441. The highest BCUT2D eigenvalue weighted by molar-refractivity contribution is 5.80. The van der Waals surface area contributed by atoms with Crippen LogP contribution < -0.4 is 0 Å². The number of H-pyrrole nitrogens is 1. The lowest BCUT2D eigenvalue weighted by atomic mass is 10.2. The highest BCUT2D eigenvalue weighted by atomic mass is 15.2. The van der Waals surface area contributed by atoms with E-state index in [0.717, 1.165) is 6.54 Å². The third kappa shape index (κ3) is 2.70. The molecule has 0 aliphatic rings. The van der Waals surface area contributed by atoms with Crippen LogP contribution in [0.4, 0.5) is 0 Å². The number of aromatic nitrogens is 1. The first-order valence-electron chi connectivity index (χ1n) is 6.40. The van der Waals surface area contributed by atoms with Gasteiger partial charge in [0.25, 0.3) is 0 Å². The Labute approximate surface area is 104 Å². The van der Waals surface area contributed by atoms with E-state index in [2.05, 4.69) is 67.9 Å². The minimum absolute atomic E-state index is 0.571. The van der Waals surface area contributed by atoms with Gasteiger partial charge in [-0.25, -0.2) is 0 Å². The molecular weight excluding hydrogens is 208 g/mol. The zero-order valence-corrected chi connectivity index (χ0v) is 11.2. The molecule has 1 N–H and O–H groups in total. The first-order chi connectivity index (χ1) is 8.08. The first kappa shape index (κ1) is 12.2. The molecule has 92 valence electrons. The molecule has 0 atom stereocenters. The summed E-state index contributed by atoms with van der Waals surface area (Å²) >= 11 is 0. The van der Waals surface area contributed by atoms with E-state index >= 15 is 0 Å². The average molecular weight is 230 g/mol. The Hall–Kier alpha value is -1.28. The van der Waals surface area contributed by atoms with Gasteiger partial charge in [-0.3, -0.25) is 4.90 Å². The summed E-state index contributed by atoms with van der Waals surface area (Å²) in [6, 6.07) is 11.8. The topological polar surface area (TPSA) is 19.0 Å². The highest BCUT2D eigenvalue weighted by Crippen LogP contribution is 2.17. The zero-order valence-electron chi connectivity index (χ0n) is 11.2. The maximum Gasteiger partial charge on any atom is 0.0456 e. The van der Waals surface area contributed by atoms with E-state index < -0.39 is 0 Å². The van der Waals surface area contributed by atoms with E-state index in [9.17, 15) is 0 Å². The Morgan fingerprint density at radius 3 is 2.29 bits per heavy atom. The van der Waals surface area contributed by atoms with Gasteiger partial charge < -0.3 is 4.98 Å². The third-order valence-electron chi connectivity index (χ3n) is 3.27. The SMILES string of the molecule is CC(C)N(Cc1cc2ccccc2[nH]1)C(C)C. The largest absolute Gasteiger partial charge is 0.357 e. The molecule has 0 unspecified atom stereocenters. The van der Waals surface area contributed by atoms with Gasteiger partial charge in [0, 0.05) is 29.8 Å². The predicted octanol–water partition coefficient (Wildman–Crippen LogP) is 3.79. The minimum Gasteiger partial charge on any atom is -0.357 e. The third-order valence-corrected chi connectivity index (χ3v) is 3.27. The number of rotatable bonds is 4. The van der Waals surface area contributed by atoms with Crippen molar-refractivity contribution in [1.82, 2.24) is 9.88 Å². The number of hydrogen-bond acceptors (Lipinski definition) is 1. The van der Waals surface area contributed by atoms with Crippen LogP contribution in [0, 0.1) is 0 Å². The molecule has 2 nitrogen and oxygen atoms in total. The van der Waals surface area contributed by atoms with Crippen LogP contribution in [0.25, 0.3) is 10.9 Å². The fraction of sp³-hybridized carbons (Fsp3) is 0.467. The van der Waals surface area contributed by atoms with E-state index in [1.165, 1.54) is 16.6 Å². The van der Waals surface area contributed by atoms with Gasteiger partial charge in [0.2, 0.25) is 0 Å². The molecule has 0 saturated heterocycles. The molecule has 1 heterocycles. The number of para-hydroxylation sites is 1. The van der Waals surface area contributed by atoms with Gasteiger partial charge in [-0.15, -0.1) is 0 Å². The van der Waals surface area contributed by atoms with Crippen molar-refractivity contribution >= 4 is 10.9 Å². The number of nitrogens with zero attached hydrogens (tertiary/aromatic N) is 1. The quantitative estimate of drug-likeness (QED) is 0.846. The van der Waals surface area contributed by atoms with Crippen molar-refractivity contribution in [3.63, 3.8) is 0 Å². The molecule has 0 saturated carbocycles. The molecule has 2 rings (SSSR count). The predicted molar refractivity (Wildman–Crippen MR) is 74.1 cm³/mol. The van der Waals surface area contributed by atoms with E-state index in [4.69, 9.17) is 0 Å². The van der Waals surface area contributed by atoms with Crippen LogP contribution in [0.1, 0.15) is 33.4 Å². The molecule has 0 aliphatic carbocycles. The summed E-state index contributed by atoms with van der Waals surface area (Å²) in [7, 11) is 0. The lowest BCUT2D eigenvalue weighted by Crippen LogP contribution is -2.36. The van der Waals surface area contributed by atoms with Crippen LogP contribution in [0.5, 0.6) is 0 Å². The summed E-state index contributed by atoms with van der Waals surface area (Å²) in [6.45, 7) is 10.0. The van der Waals surface area contributed by atoms with Gasteiger partial charge in [-0.05, 0) is 45.2 Å². The summed E-state index contributed by atoms with van der Waals surface area (Å²) in [5.74, 6) is 0. The van der Waals surface area contributed by atoms with Crippen molar-refractivity contribution in [3.8, 4) is 0 Å². The number of fused-ring (bicyclic) bond motifs is 1. The van der Waals surface area contributed by atoms with Crippen LogP contribution in [-0.4, -0.2) is 22.0 Å². The Balaban J connectivity index is 2.22. The second-order valence-corrected chi connectivity index (χ2v) is 5.24. The normalized spacial score (nSPS) is 12.2. The van der Waals surface area contributed by atoms with E-state index in [0.29, 0.717) is 12.1 Å². The van der Waals surface area contributed by atoms with Gasteiger partial charge in [-0.1, -0.05) is 18.2 Å². The summed E-state index contributed by atoms with van der Waals surface area (Å²) in [5, 5.41) is 1.30. The number of benzene rings is 1. The number of aromatic amines is 1. The minimum atomic E-state index is 0.571. The standard InChI is InChI=1S/C15H22N2/c1-11(2)17(12(3)4)10-14-9-13-7-5-6-8-15(13)16-14/h5-9,11-12,16H,10H2,1-4H3. The van der Waals surface area contributed by atoms with Crippen molar-refractivity contribution in [2.75, 3.05) is 0 Å². The van der Waals surface area contributed by atoms with Crippen molar-refractivity contribution in [2.24, 2.45) is 0 Å². The molecule has 17 heavy (non-hydrogen) atoms. The second-order valence-electron chi connectivity index (χ2n) is 5.24. The first-order valence-corrected chi connectivity index (χ1v) is 6.40. The number of nitrogens with one attached hydrogen (secondary N) is 1. The maximum atomic E-state index is 3.49. The lowest BCUT2D eigenvalue weighted by molar-refractivity contribution is 0.164. The lowest BCUT2D eigenvalue weighted by Gasteiger charge is -2.29. The van der Waals surface area contributed by atoms with Crippen molar-refractivity contribution in [1.29, 1.82) is 0 Å². The molecular formula is C15H22N2. The molecule has 0 amide bonds. The number of hydrogen-bond donors (Lipinski definition) is 1. The molecule has 2 heteroatoms. The van der Waals surface area contributed by atoms with Crippen LogP contribution in [-0.2, 0) is 6.54 Å². The second kappa shape index (κ2) is 4.92. The Kier molecular flexibility index (Phi) is 3.53. The van der Waals surface area contributed by atoms with Crippen LogP contribution in [0.3, 0.4) is 0 Å². The van der Waals surface area contributed by atoms with Crippen LogP contribution >= 0.6 is 0 Å². The average Bonchev–Trinajstić information content (AvgIpc) is 2.67. The molecule has 0 bridgehead atoms. The van der Waals surface area contributed by atoms with E-state index in [-0.39, 0.29) is 0 Å². The van der Waals surface area contributed by atoms with Gasteiger partial charge in [0.05, 0.1) is 0 Å². The van der Waals surface area contributed by atoms with Crippen molar-refractivity contribution in [3.05, 3.63) is 36.0 Å². The molecule has 0 radical (unpaired) electrons. The summed E-state index contributed by atoms with van der Waals surface area (Å²) in [5.41, 5.74) is 2.53. The monoisotopic (exact) mass is 230 g/mol. The highest BCUT2D eigenvalue weighted by Gasteiger charge is 2.14. The molecule has 0 aliphatic heterocycles. The fourth-order valence-electron chi connectivity index (χ4n) is 2.38. The maximum absolute atomic E-state index is 3.49. The van der Waals surface area contributed by atoms with Crippen LogP contribution in [0.15, 0.2) is 30.3 Å².